The third kappa shape index (κ3) is 3.40. The van der Waals surface area contributed by atoms with Crippen LogP contribution in [0.2, 0.25) is 10.0 Å². The number of phenolic OH excluding ortho intramolecular Hbond substituents is 1. The Balaban J connectivity index is 1.67. The number of aliphatic imine (C=N–C) groups is 1. The summed E-state index contributed by atoms with van der Waals surface area (Å²) in [6.07, 6.45) is 2.34. The summed E-state index contributed by atoms with van der Waals surface area (Å²) < 4.78 is 1.18. The van der Waals surface area contributed by atoms with Gasteiger partial charge in [-0.3, -0.25) is 4.99 Å². The molecule has 1 heterocycles. The fraction of sp³-hybridized carbons (Fsp3) is 0.125. The summed E-state index contributed by atoms with van der Waals surface area (Å²) in [5.74, 6) is -0.00481. The number of halogens is 2. The van der Waals surface area contributed by atoms with Crippen LogP contribution in [0.4, 0.5) is 0 Å². The van der Waals surface area contributed by atoms with Gasteiger partial charge in [0, 0.05) is 29.8 Å². The summed E-state index contributed by atoms with van der Waals surface area (Å²) in [6.45, 7) is 0.587. The Morgan fingerprint density at radius 2 is 2.05 bits per heavy atom. The molecule has 0 bridgehead atoms. The van der Waals surface area contributed by atoms with Crippen molar-refractivity contribution in [2.24, 2.45) is 4.99 Å². The minimum absolute atomic E-state index is 0.00481. The minimum Gasteiger partial charge on any atom is -0.506 e. The van der Waals surface area contributed by atoms with Crippen molar-refractivity contribution in [1.29, 1.82) is 0 Å². The Morgan fingerprint density at radius 3 is 2.86 bits per heavy atom. The Kier molecular flexibility index (Phi) is 4.62. The van der Waals surface area contributed by atoms with E-state index >= 15 is 0 Å². The maximum Gasteiger partial charge on any atom is 0.143 e. The number of aromatic nitrogens is 1. The average Bonchev–Trinajstić information content (AvgIpc) is 2.91. The zero-order valence-electron chi connectivity index (χ0n) is 11.5. The second-order valence-corrected chi connectivity index (χ2v) is 6.64. The van der Waals surface area contributed by atoms with E-state index in [1.54, 1.807) is 23.6 Å². The van der Waals surface area contributed by atoms with Crippen molar-refractivity contribution < 1.29 is 5.11 Å². The molecule has 0 atom stereocenters. The van der Waals surface area contributed by atoms with Crippen molar-refractivity contribution in [3.8, 4) is 5.75 Å². The van der Waals surface area contributed by atoms with E-state index in [4.69, 9.17) is 23.2 Å². The Morgan fingerprint density at radius 1 is 1.23 bits per heavy atom. The number of nitrogens with zero attached hydrogens (tertiary/aromatic N) is 2. The number of phenols is 1. The molecule has 0 aliphatic carbocycles. The zero-order valence-corrected chi connectivity index (χ0v) is 13.8. The lowest BCUT2D eigenvalue weighted by atomic mass is 10.2. The van der Waals surface area contributed by atoms with Crippen LogP contribution in [0, 0.1) is 0 Å². The van der Waals surface area contributed by atoms with Crippen LogP contribution in [0.3, 0.4) is 0 Å². The van der Waals surface area contributed by atoms with Gasteiger partial charge >= 0.3 is 0 Å². The fourth-order valence-electron chi connectivity index (χ4n) is 2.03. The lowest BCUT2D eigenvalue weighted by molar-refractivity contribution is 0.474. The van der Waals surface area contributed by atoms with E-state index < -0.39 is 0 Å². The van der Waals surface area contributed by atoms with Gasteiger partial charge in [-0.15, -0.1) is 11.3 Å². The van der Waals surface area contributed by atoms with E-state index in [0.717, 1.165) is 16.9 Å². The first-order chi connectivity index (χ1) is 10.6. The number of fused-ring (bicyclic) bond motifs is 1. The molecule has 2 aromatic carbocycles. The highest BCUT2D eigenvalue weighted by atomic mass is 35.5. The SMILES string of the molecule is Oc1c(Cl)cc(Cl)cc1C=NCCc1nc2ccccc2s1. The number of para-hydroxylation sites is 1. The molecule has 0 radical (unpaired) electrons. The topological polar surface area (TPSA) is 45.5 Å². The summed E-state index contributed by atoms with van der Waals surface area (Å²) in [6, 6.07) is 11.2. The monoisotopic (exact) mass is 350 g/mol. The molecular weight excluding hydrogens is 339 g/mol. The number of hydrogen-bond acceptors (Lipinski definition) is 4. The zero-order chi connectivity index (χ0) is 15.5. The van der Waals surface area contributed by atoms with E-state index in [-0.39, 0.29) is 10.8 Å². The first kappa shape index (κ1) is 15.3. The van der Waals surface area contributed by atoms with E-state index in [0.29, 0.717) is 17.1 Å². The third-order valence-corrected chi connectivity index (χ3v) is 4.68. The molecule has 3 nitrogen and oxygen atoms in total. The molecule has 3 aromatic rings. The summed E-state index contributed by atoms with van der Waals surface area (Å²) in [4.78, 5) is 8.87. The molecule has 1 aromatic heterocycles. The molecule has 112 valence electrons. The summed E-state index contributed by atoms with van der Waals surface area (Å²) in [5, 5.41) is 11.6. The largest absolute Gasteiger partial charge is 0.506 e. The smallest absolute Gasteiger partial charge is 0.143 e. The van der Waals surface area contributed by atoms with Crippen LogP contribution in [0.25, 0.3) is 10.2 Å². The van der Waals surface area contributed by atoms with Crippen molar-refractivity contribution in [2.75, 3.05) is 6.54 Å². The second kappa shape index (κ2) is 6.65. The van der Waals surface area contributed by atoms with Crippen molar-refractivity contribution in [1.82, 2.24) is 4.98 Å². The van der Waals surface area contributed by atoms with Crippen molar-refractivity contribution >= 4 is 51.0 Å². The second-order valence-electron chi connectivity index (χ2n) is 4.69. The molecule has 0 fully saturated rings. The van der Waals surface area contributed by atoms with Crippen molar-refractivity contribution in [3.05, 3.63) is 57.0 Å². The van der Waals surface area contributed by atoms with Crippen LogP contribution >= 0.6 is 34.5 Å². The minimum atomic E-state index is -0.00481. The van der Waals surface area contributed by atoms with Crippen LogP contribution in [-0.2, 0) is 6.42 Å². The number of thiazole rings is 1. The predicted molar refractivity (Wildman–Crippen MR) is 93.9 cm³/mol. The highest BCUT2D eigenvalue weighted by Gasteiger charge is 2.06. The number of aromatic hydroxyl groups is 1. The molecular formula is C16H12Cl2N2OS. The maximum atomic E-state index is 9.84. The average molecular weight is 351 g/mol. The first-order valence-corrected chi connectivity index (χ1v) is 8.23. The maximum absolute atomic E-state index is 9.84. The van der Waals surface area contributed by atoms with E-state index in [1.807, 2.05) is 18.2 Å². The van der Waals surface area contributed by atoms with Crippen molar-refractivity contribution in [3.63, 3.8) is 0 Å². The Hall–Kier alpha value is -1.62. The Bertz CT molecular complexity index is 812. The molecule has 0 spiro atoms. The van der Waals surface area contributed by atoms with Gasteiger partial charge in [-0.05, 0) is 24.3 Å². The molecule has 0 aliphatic rings. The molecule has 3 rings (SSSR count). The first-order valence-electron chi connectivity index (χ1n) is 6.66. The molecule has 0 amide bonds. The number of benzene rings is 2. The van der Waals surface area contributed by atoms with Gasteiger partial charge < -0.3 is 5.11 Å². The predicted octanol–water partition coefficient (Wildman–Crippen LogP) is 4.97. The van der Waals surface area contributed by atoms with Crippen molar-refractivity contribution in [2.45, 2.75) is 6.42 Å². The van der Waals surface area contributed by atoms with Crippen LogP contribution in [0.15, 0.2) is 41.4 Å². The quantitative estimate of drug-likeness (QED) is 0.675. The van der Waals surface area contributed by atoms with Crippen LogP contribution in [0.1, 0.15) is 10.6 Å². The van der Waals surface area contributed by atoms with Gasteiger partial charge in [0.1, 0.15) is 5.75 Å². The van der Waals surface area contributed by atoms with E-state index in [2.05, 4.69) is 16.0 Å². The lowest BCUT2D eigenvalue weighted by Crippen LogP contribution is -1.90. The number of hydrogen-bond donors (Lipinski definition) is 1. The molecule has 1 N–H and O–H groups in total. The van der Waals surface area contributed by atoms with Gasteiger partial charge in [0.2, 0.25) is 0 Å². The Labute approximate surface area is 141 Å². The number of rotatable bonds is 4. The van der Waals surface area contributed by atoms with Gasteiger partial charge in [0.15, 0.2) is 0 Å². The van der Waals surface area contributed by atoms with Gasteiger partial charge in [-0.1, -0.05) is 35.3 Å². The normalized spacial score (nSPS) is 11.5. The van der Waals surface area contributed by atoms with Crippen LogP contribution < -0.4 is 0 Å². The molecule has 0 saturated heterocycles. The highest BCUT2D eigenvalue weighted by Crippen LogP contribution is 2.30. The molecule has 6 heteroatoms. The molecule has 0 aliphatic heterocycles. The lowest BCUT2D eigenvalue weighted by Gasteiger charge is -2.02. The van der Waals surface area contributed by atoms with Gasteiger partial charge in [0.05, 0.1) is 20.2 Å². The summed E-state index contributed by atoms with van der Waals surface area (Å²) in [5.41, 5.74) is 1.53. The molecule has 22 heavy (non-hydrogen) atoms. The summed E-state index contributed by atoms with van der Waals surface area (Å²) in [7, 11) is 0. The van der Waals surface area contributed by atoms with Crippen LogP contribution in [-0.4, -0.2) is 22.8 Å². The van der Waals surface area contributed by atoms with Gasteiger partial charge in [-0.25, -0.2) is 4.98 Å². The standard InChI is InChI=1S/C16H12Cl2N2OS/c17-11-7-10(16(21)12(18)8-11)9-19-6-5-15-20-13-3-1-2-4-14(13)22-15/h1-4,7-9,21H,5-6H2. The fourth-order valence-corrected chi connectivity index (χ4v) is 3.50. The van der Waals surface area contributed by atoms with Gasteiger partial charge in [-0.2, -0.15) is 0 Å². The van der Waals surface area contributed by atoms with E-state index in [1.165, 1.54) is 10.8 Å². The van der Waals surface area contributed by atoms with Gasteiger partial charge in [0.25, 0.3) is 0 Å². The summed E-state index contributed by atoms with van der Waals surface area (Å²) >= 11 is 13.5. The molecule has 0 unspecified atom stereocenters. The van der Waals surface area contributed by atoms with Crippen LogP contribution in [0.5, 0.6) is 5.75 Å². The molecule has 0 saturated carbocycles. The highest BCUT2D eigenvalue weighted by molar-refractivity contribution is 7.18. The third-order valence-electron chi connectivity index (χ3n) is 3.08. The van der Waals surface area contributed by atoms with E-state index in [9.17, 15) is 5.11 Å².